The Morgan fingerprint density at radius 2 is 1.20 bits per heavy atom. The van der Waals surface area contributed by atoms with Crippen LogP contribution in [0.1, 0.15) is 23.6 Å². The highest BCUT2D eigenvalue weighted by Crippen LogP contribution is 2.20. The normalized spacial score (nSPS) is 14.4. The van der Waals surface area contributed by atoms with Crippen LogP contribution in [0, 0.1) is 0 Å². The van der Waals surface area contributed by atoms with Crippen molar-refractivity contribution in [2.75, 3.05) is 0 Å². The van der Waals surface area contributed by atoms with Crippen molar-refractivity contribution >= 4 is 34.6 Å². The fourth-order valence-electron chi connectivity index (χ4n) is 4.91. The SMILES string of the molecule is CC(O)C(N)C(=O)NC(Cc1c[nH]c2ccccc12)C(=O)NC(Cc1ccc(O)cc1)C(=O)NC(Cc1ccc(O)cc1)C(=O)O. The Hall–Kier alpha value is -5.40. The van der Waals surface area contributed by atoms with Gasteiger partial charge in [-0.05, 0) is 53.9 Å². The van der Waals surface area contributed by atoms with Gasteiger partial charge >= 0.3 is 5.97 Å². The van der Waals surface area contributed by atoms with Gasteiger partial charge in [-0.3, -0.25) is 14.4 Å². The van der Waals surface area contributed by atoms with E-state index in [2.05, 4.69) is 20.9 Å². The summed E-state index contributed by atoms with van der Waals surface area (Å²) in [7, 11) is 0. The predicted octanol–water partition coefficient (Wildman–Crippen LogP) is 0.854. The van der Waals surface area contributed by atoms with Crippen LogP contribution in [-0.4, -0.2) is 79.4 Å². The number of amides is 3. The summed E-state index contributed by atoms with van der Waals surface area (Å²) in [5, 5.41) is 47.6. The molecule has 0 bridgehead atoms. The third kappa shape index (κ3) is 8.83. The molecule has 5 atom stereocenters. The average molecular weight is 632 g/mol. The quantitative estimate of drug-likeness (QED) is 0.0960. The average Bonchev–Trinajstić information content (AvgIpc) is 3.44. The summed E-state index contributed by atoms with van der Waals surface area (Å²) in [5.41, 5.74) is 8.43. The van der Waals surface area contributed by atoms with Gasteiger partial charge in [-0.25, -0.2) is 4.79 Å². The summed E-state index contributed by atoms with van der Waals surface area (Å²) in [6.45, 7) is 1.34. The molecule has 0 radical (unpaired) electrons. The van der Waals surface area contributed by atoms with Gasteiger partial charge in [0.25, 0.3) is 0 Å². The molecule has 242 valence electrons. The van der Waals surface area contributed by atoms with Gasteiger partial charge in [0.2, 0.25) is 17.7 Å². The molecule has 10 N–H and O–H groups in total. The van der Waals surface area contributed by atoms with Crippen molar-refractivity contribution in [2.24, 2.45) is 5.73 Å². The molecular weight excluding hydrogens is 594 g/mol. The highest BCUT2D eigenvalue weighted by Gasteiger charge is 2.32. The molecule has 5 unspecified atom stereocenters. The number of aromatic amines is 1. The van der Waals surface area contributed by atoms with Gasteiger partial charge in [0.1, 0.15) is 35.7 Å². The summed E-state index contributed by atoms with van der Waals surface area (Å²) in [5.74, 6) is -3.65. The lowest BCUT2D eigenvalue weighted by atomic mass is 10.0. The number of nitrogens with two attached hydrogens (primary N) is 1. The van der Waals surface area contributed by atoms with E-state index in [0.717, 1.165) is 10.9 Å². The number of hydrogen-bond donors (Lipinski definition) is 9. The number of rotatable bonds is 14. The first-order chi connectivity index (χ1) is 21.9. The van der Waals surface area contributed by atoms with E-state index in [0.29, 0.717) is 16.7 Å². The molecule has 0 saturated carbocycles. The second-order valence-electron chi connectivity index (χ2n) is 11.1. The van der Waals surface area contributed by atoms with Crippen LogP contribution in [0.5, 0.6) is 11.5 Å². The number of carbonyl (C=O) groups excluding carboxylic acids is 3. The number of aromatic hydroxyl groups is 2. The molecular formula is C33H37N5O8. The number of aliphatic hydroxyl groups excluding tert-OH is 1. The highest BCUT2D eigenvalue weighted by molar-refractivity contribution is 5.95. The van der Waals surface area contributed by atoms with Gasteiger partial charge in [-0.2, -0.15) is 0 Å². The maximum atomic E-state index is 13.8. The molecule has 13 nitrogen and oxygen atoms in total. The number of aliphatic carboxylic acids is 1. The summed E-state index contributed by atoms with van der Waals surface area (Å²) < 4.78 is 0. The Kier molecular flexibility index (Phi) is 11.0. The molecule has 1 heterocycles. The van der Waals surface area contributed by atoms with Crippen LogP contribution in [0.4, 0.5) is 0 Å². The highest BCUT2D eigenvalue weighted by atomic mass is 16.4. The number of carboxylic acid groups (broad SMARTS) is 1. The zero-order valence-corrected chi connectivity index (χ0v) is 25.0. The number of hydrogen-bond acceptors (Lipinski definition) is 8. The molecule has 4 aromatic rings. The molecule has 3 aromatic carbocycles. The van der Waals surface area contributed by atoms with Gasteiger partial charge in [0, 0.05) is 36.4 Å². The minimum absolute atomic E-state index is 0.0000176. The van der Waals surface area contributed by atoms with Crippen LogP contribution in [0.25, 0.3) is 10.9 Å². The number of nitrogens with one attached hydrogen (secondary N) is 4. The van der Waals surface area contributed by atoms with Crippen molar-refractivity contribution in [1.82, 2.24) is 20.9 Å². The van der Waals surface area contributed by atoms with Crippen molar-refractivity contribution in [3.05, 3.63) is 95.7 Å². The van der Waals surface area contributed by atoms with Crippen LogP contribution in [-0.2, 0) is 38.4 Å². The fourth-order valence-corrected chi connectivity index (χ4v) is 4.91. The fraction of sp³-hybridized carbons (Fsp3) is 0.273. The number of benzene rings is 3. The number of phenols is 2. The van der Waals surface area contributed by atoms with Crippen LogP contribution in [0.15, 0.2) is 79.0 Å². The Labute approximate surface area is 264 Å². The zero-order valence-electron chi connectivity index (χ0n) is 25.0. The predicted molar refractivity (Wildman–Crippen MR) is 169 cm³/mol. The first kappa shape index (κ1) is 33.5. The topological polar surface area (TPSA) is 227 Å². The molecule has 0 aliphatic heterocycles. The largest absolute Gasteiger partial charge is 0.508 e. The third-order valence-corrected chi connectivity index (χ3v) is 7.55. The lowest BCUT2D eigenvalue weighted by Gasteiger charge is -2.26. The summed E-state index contributed by atoms with van der Waals surface area (Å²) >= 11 is 0. The number of carboxylic acids is 1. The Morgan fingerprint density at radius 1 is 0.717 bits per heavy atom. The van der Waals surface area contributed by atoms with Gasteiger partial charge in [-0.15, -0.1) is 0 Å². The van der Waals surface area contributed by atoms with E-state index in [1.54, 1.807) is 18.3 Å². The number of phenolic OH excluding ortho intramolecular Hbond substituents is 2. The molecule has 0 aliphatic carbocycles. The van der Waals surface area contributed by atoms with E-state index in [4.69, 9.17) is 5.73 Å². The lowest BCUT2D eigenvalue weighted by molar-refractivity contribution is -0.142. The second-order valence-corrected chi connectivity index (χ2v) is 11.1. The maximum absolute atomic E-state index is 13.8. The van der Waals surface area contributed by atoms with Crippen LogP contribution in [0.3, 0.4) is 0 Å². The van der Waals surface area contributed by atoms with E-state index in [1.165, 1.54) is 43.3 Å². The number of H-pyrrole nitrogens is 1. The van der Waals surface area contributed by atoms with Crippen molar-refractivity contribution < 1.29 is 39.6 Å². The maximum Gasteiger partial charge on any atom is 0.326 e. The van der Waals surface area contributed by atoms with E-state index >= 15 is 0 Å². The number of carbonyl (C=O) groups is 4. The smallest absolute Gasteiger partial charge is 0.326 e. The number of aliphatic hydroxyl groups is 1. The standard InChI is InChI=1S/C33H37N5O8/c1-18(39)29(34)32(44)37-27(16-21-17-35-25-5-3-2-4-24(21)25)31(43)36-26(14-19-6-10-22(40)11-7-19)30(42)38-28(33(45)46)15-20-8-12-23(41)13-9-20/h2-13,17-18,26-29,35,39-41H,14-16,34H2,1H3,(H,36,43)(H,37,44)(H,38,42)(H,45,46). The van der Waals surface area contributed by atoms with Gasteiger partial charge < -0.3 is 47.1 Å². The van der Waals surface area contributed by atoms with E-state index in [9.17, 15) is 39.6 Å². The molecule has 4 rings (SSSR count). The van der Waals surface area contributed by atoms with Crippen LogP contribution < -0.4 is 21.7 Å². The number of para-hydroxylation sites is 1. The summed E-state index contributed by atoms with van der Waals surface area (Å²) in [4.78, 5) is 55.6. The molecule has 0 saturated heterocycles. The lowest BCUT2D eigenvalue weighted by Crippen LogP contribution is -2.59. The minimum atomic E-state index is -1.37. The first-order valence-electron chi connectivity index (χ1n) is 14.6. The van der Waals surface area contributed by atoms with Crippen molar-refractivity contribution in [1.29, 1.82) is 0 Å². The monoisotopic (exact) mass is 631 g/mol. The Bertz CT molecular complexity index is 1670. The van der Waals surface area contributed by atoms with Gasteiger partial charge in [0.05, 0.1) is 6.10 Å². The Balaban J connectivity index is 1.61. The molecule has 0 fully saturated rings. The van der Waals surface area contributed by atoms with E-state index < -0.39 is 54.0 Å². The number of aromatic nitrogens is 1. The first-order valence-corrected chi connectivity index (χ1v) is 14.6. The molecule has 1 aromatic heterocycles. The molecule has 46 heavy (non-hydrogen) atoms. The van der Waals surface area contributed by atoms with Gasteiger partial charge in [-0.1, -0.05) is 42.5 Å². The summed E-state index contributed by atoms with van der Waals surface area (Å²) in [6, 6.07) is 13.9. The molecule has 13 heteroatoms. The minimum Gasteiger partial charge on any atom is -0.508 e. The Morgan fingerprint density at radius 3 is 1.74 bits per heavy atom. The van der Waals surface area contributed by atoms with E-state index in [1.807, 2.05) is 24.3 Å². The molecule has 0 spiro atoms. The van der Waals surface area contributed by atoms with Crippen molar-refractivity contribution in [3.8, 4) is 11.5 Å². The third-order valence-electron chi connectivity index (χ3n) is 7.55. The van der Waals surface area contributed by atoms with Gasteiger partial charge in [0.15, 0.2) is 0 Å². The number of fused-ring (bicyclic) bond motifs is 1. The summed E-state index contributed by atoms with van der Waals surface area (Å²) in [6.07, 6.45) is 0.321. The van der Waals surface area contributed by atoms with Crippen LogP contribution in [0.2, 0.25) is 0 Å². The van der Waals surface area contributed by atoms with Crippen LogP contribution >= 0.6 is 0 Å². The zero-order chi connectivity index (χ0) is 33.4. The van der Waals surface area contributed by atoms with E-state index in [-0.39, 0.29) is 30.8 Å². The molecule has 3 amide bonds. The van der Waals surface area contributed by atoms with Crippen molar-refractivity contribution in [2.45, 2.75) is 56.5 Å². The molecule has 0 aliphatic rings. The van der Waals surface area contributed by atoms with Crippen molar-refractivity contribution in [3.63, 3.8) is 0 Å². The second kappa shape index (κ2) is 15.1.